The van der Waals surface area contributed by atoms with E-state index in [4.69, 9.17) is 45.0 Å². The highest BCUT2D eigenvalue weighted by atomic mass is 16.7. The van der Waals surface area contributed by atoms with Gasteiger partial charge < -0.3 is 90.1 Å². The fourth-order valence-electron chi connectivity index (χ4n) is 14.4. The summed E-state index contributed by atoms with van der Waals surface area (Å²) in [5.74, 6) is -8.38. The number of rotatable bonds is 69. The zero-order valence-corrected chi connectivity index (χ0v) is 79.1. The van der Waals surface area contributed by atoms with Crippen molar-refractivity contribution in [2.75, 3.05) is 53.9 Å². The Bertz CT molecular complexity index is 4620. The molecule has 750 valence electrons. The van der Waals surface area contributed by atoms with E-state index in [0.29, 0.717) is 56.3 Å². The Balaban J connectivity index is 0.000000596. The first-order valence-electron chi connectivity index (χ1n) is 45.6. The normalized spacial score (nSPS) is 13.2. The topological polar surface area (TPSA) is 575 Å². The van der Waals surface area contributed by atoms with Crippen molar-refractivity contribution in [2.45, 2.75) is 239 Å². The Morgan fingerprint density at radius 2 is 0.650 bits per heavy atom. The van der Waals surface area contributed by atoms with Crippen molar-refractivity contribution in [2.24, 2.45) is 47.3 Å². The van der Waals surface area contributed by atoms with Gasteiger partial charge in [-0.2, -0.15) is 11.8 Å². The van der Waals surface area contributed by atoms with Crippen LogP contribution in [0.4, 0.5) is 0 Å². The molecule has 0 aromatic heterocycles. The lowest BCUT2D eigenvalue weighted by molar-refractivity contribution is -0.147. The van der Waals surface area contributed by atoms with Crippen molar-refractivity contribution >= 4 is 106 Å². The van der Waals surface area contributed by atoms with Crippen molar-refractivity contribution in [1.29, 1.82) is 0 Å². The quantitative estimate of drug-likeness (QED) is 0.0102. The van der Waals surface area contributed by atoms with Crippen LogP contribution in [0.5, 0.6) is 11.5 Å². The lowest BCUT2D eigenvalue weighted by atomic mass is 9.88. The number of hydrogen-bond acceptors (Lipinski definition) is 30. The van der Waals surface area contributed by atoms with Gasteiger partial charge in [-0.15, -0.1) is 0 Å². The molecule has 137 heavy (non-hydrogen) atoms. The molecule has 10 atom stereocenters. The number of carbonyl (C=O) groups excluding carboxylic acids is 16. The Labute approximate surface area is 797 Å². The number of nitrogens with two attached hydrogens (primary N) is 2. The zero-order chi connectivity index (χ0) is 101. The maximum absolute atomic E-state index is 14.7. The molecule has 0 saturated heterocycles. The minimum Gasteiger partial charge on any atom is -0.508 e. The smallest absolute Gasteiger partial charge is 0.324 e. The number of nitrogens with one attached hydrogen (secondary N) is 6. The predicted octanol–water partition coefficient (Wildman–Crippen LogP) is 7.50. The highest BCUT2D eigenvalue weighted by Crippen LogP contribution is 2.27. The average molecular weight is 1920 g/mol. The summed E-state index contributed by atoms with van der Waals surface area (Å²) < 4.78 is 37.8. The molecule has 0 aliphatic carbocycles. The summed E-state index contributed by atoms with van der Waals surface area (Å²) in [5, 5.41) is 44.3. The van der Waals surface area contributed by atoms with Gasteiger partial charge in [0, 0.05) is 129 Å². The van der Waals surface area contributed by atoms with Crippen molar-refractivity contribution in [1.82, 2.24) is 31.9 Å². The van der Waals surface area contributed by atoms with Crippen LogP contribution in [0.15, 0.2) is 140 Å². The van der Waals surface area contributed by atoms with Gasteiger partial charge in [0.15, 0.2) is 34.7 Å². The summed E-state index contributed by atoms with van der Waals surface area (Å²) in [4.78, 5) is 246. The fourth-order valence-corrected chi connectivity index (χ4v) is 14.4. The number of ketones is 6. The first-order chi connectivity index (χ1) is 65.4. The number of Topliss-reactive ketones (excluding diaryl/α,β-unsaturated/α-hetero) is 6. The molecule has 0 fully saturated rings. The molecule has 5 aromatic rings. The molecule has 0 spiro atoms. The summed E-state index contributed by atoms with van der Waals surface area (Å²) in [6.07, 6.45) is -5.04. The average Bonchev–Trinajstić information content (AvgIpc) is 0.849. The minimum absolute atomic E-state index is 0.000431. The molecule has 38 nitrogen and oxygen atoms in total. The second kappa shape index (κ2) is 65.7. The van der Waals surface area contributed by atoms with E-state index in [9.17, 15) is 102 Å². The van der Waals surface area contributed by atoms with E-state index in [-0.39, 0.29) is 134 Å². The molecule has 5 rings (SSSR count). The first-order valence-corrected chi connectivity index (χ1v) is 45.6. The number of carboxylic acids is 2. The number of phenolic OH excluding ortho intramolecular Hbond substituents is 1. The molecule has 0 bridgehead atoms. The number of methoxy groups -OCH3 is 2. The van der Waals surface area contributed by atoms with Crippen molar-refractivity contribution < 1.29 is 144 Å². The standard InChI is InChI=1S/C60H75N3O15.C39H59N5O15/c1-41(2)33-51(63-60(73)48(36-55(67)52(37-56(68)69)61-42(3)64)34-43-22-25-49(26-23-43)76-38-44-15-8-5-9-16-44)54(66)35-47(24-28-57(70)77-39-45-17-10-6-11-18-45)59(72)62-50(53(65)21-14-30-75-32-31-74-4)27-29-58(71)78-40-46-19-12-7-13-20-46;1-23(2)18-30(44-39(55)27(19-25-7-10-28(46)11-8-25)21-34(49)31(22-35(50)51)42-24(3)45)33(48)20-26(9-13-36(52)58-40)38(54)43-29(12-14-37(53)59-41)32(47)6-5-15-57-17-16-56-4/h5-13,15-20,22-23,25-26,41,47-48,50-52H,14,21,24,27-40H2,1-4H3,(H,61,64)(H,62,72)(H,63,73)(H,68,69);7-8,10-11,23,26-27,29-31,46H,5-6,9,12-22,40-41H2,1-4H3,(H,42,45)(H,43,54)(H,44,55)(H,50,51)/t47-,48-,50-,51-,52+;26-,27-,29-,30-,31+/m11/s1. The summed E-state index contributed by atoms with van der Waals surface area (Å²) in [5.41, 5.74) is 3.56. The van der Waals surface area contributed by atoms with Crippen LogP contribution in [0.2, 0.25) is 0 Å². The molecule has 38 heteroatoms. The molecule has 5 aromatic carbocycles. The number of ether oxygens (including phenoxy) is 7. The highest BCUT2D eigenvalue weighted by Gasteiger charge is 2.38. The van der Waals surface area contributed by atoms with E-state index >= 15 is 0 Å². The summed E-state index contributed by atoms with van der Waals surface area (Å²) >= 11 is 0. The lowest BCUT2D eigenvalue weighted by Crippen LogP contribution is -2.48. The minimum atomic E-state index is -1.45. The number of benzene rings is 5. The van der Waals surface area contributed by atoms with E-state index in [1.807, 2.05) is 56.3 Å². The van der Waals surface area contributed by atoms with Gasteiger partial charge in [-0.05, 0) is 128 Å². The SMILES string of the molecule is COCCOCCCC(=O)[C@@H](CCC(=O)OCc1ccccc1)NC(=O)[C@H](CCC(=O)OCc1ccccc1)CC(=O)[C@@H](CC(C)C)NC(=O)[C@@H](CC(=O)[C@H](CC(=O)O)NC(C)=O)Cc1ccc(OCc2ccccc2)cc1.COCCOCCCC(=O)[C@@H](CCC(=O)ON)NC(=O)[C@H](CCC(=O)ON)CC(=O)[C@@H](CC(C)C)NC(=O)[C@@H](CC(=O)[C@H](CC(=O)O)NC(C)=O)Cc1ccc(O)cc1. The van der Waals surface area contributed by atoms with Gasteiger partial charge in [-0.1, -0.05) is 143 Å². The predicted molar refractivity (Wildman–Crippen MR) is 495 cm³/mol. The van der Waals surface area contributed by atoms with Crippen LogP contribution in [-0.4, -0.2) is 211 Å². The lowest BCUT2D eigenvalue weighted by Gasteiger charge is -2.26. The van der Waals surface area contributed by atoms with E-state index in [2.05, 4.69) is 41.6 Å². The monoisotopic (exact) mass is 1910 g/mol. The summed E-state index contributed by atoms with van der Waals surface area (Å²) in [7, 11) is 3.04. The van der Waals surface area contributed by atoms with Crippen molar-refractivity contribution in [3.63, 3.8) is 0 Å². The second-order valence-corrected chi connectivity index (χ2v) is 33.9. The second-order valence-electron chi connectivity index (χ2n) is 33.9. The number of phenols is 1. The number of aliphatic carboxylic acids is 2. The van der Waals surface area contributed by atoms with Crippen LogP contribution in [0, 0.1) is 35.5 Å². The van der Waals surface area contributed by atoms with Gasteiger partial charge in [0.2, 0.25) is 35.4 Å². The van der Waals surface area contributed by atoms with Crippen molar-refractivity contribution in [3.05, 3.63) is 167 Å². The zero-order valence-electron chi connectivity index (χ0n) is 79.1. The number of esters is 2. The van der Waals surface area contributed by atoms with Gasteiger partial charge in [-0.25, -0.2) is 0 Å². The van der Waals surface area contributed by atoms with Gasteiger partial charge in [0.1, 0.15) is 31.3 Å². The number of carboxylic acid groups (broad SMARTS) is 2. The number of aromatic hydroxyl groups is 1. The van der Waals surface area contributed by atoms with Gasteiger partial charge in [0.05, 0.1) is 75.5 Å². The first kappa shape index (κ1) is 116. The molecule has 0 saturated carbocycles. The van der Waals surface area contributed by atoms with E-state index < -0.39 is 211 Å². The van der Waals surface area contributed by atoms with Crippen LogP contribution < -0.4 is 48.4 Å². The Hall–Kier alpha value is -12.9. The number of carbonyl (C=O) groups is 18. The third-order valence-corrected chi connectivity index (χ3v) is 21.6. The number of amides is 6. The molecule has 0 aliphatic heterocycles. The van der Waals surface area contributed by atoms with Gasteiger partial charge in [-0.3, -0.25) is 86.3 Å². The van der Waals surface area contributed by atoms with Crippen LogP contribution in [-0.2, 0) is 157 Å². The number of hydrogen-bond donors (Lipinski definition) is 11. The Morgan fingerprint density at radius 1 is 0.328 bits per heavy atom. The molecule has 0 unspecified atom stereocenters. The molecule has 0 heterocycles. The molecule has 0 aliphatic rings. The van der Waals surface area contributed by atoms with Crippen LogP contribution in [0.3, 0.4) is 0 Å². The Kier molecular flexibility index (Phi) is 55.9. The maximum Gasteiger partial charge on any atom is 0.324 e. The fraction of sp³-hybridized carbons (Fsp3) is 0.515. The van der Waals surface area contributed by atoms with Crippen molar-refractivity contribution in [3.8, 4) is 11.5 Å². The molecule has 0 radical (unpaired) electrons. The third-order valence-electron chi connectivity index (χ3n) is 21.6. The van der Waals surface area contributed by atoms with Crippen LogP contribution in [0.25, 0.3) is 0 Å². The molecular weight excluding hydrogens is 1780 g/mol. The van der Waals surface area contributed by atoms with Gasteiger partial charge >= 0.3 is 35.8 Å². The van der Waals surface area contributed by atoms with E-state index in [0.717, 1.165) is 30.5 Å². The Morgan fingerprint density at radius 3 is 1.00 bits per heavy atom. The molecule has 13 N–H and O–H groups in total. The maximum atomic E-state index is 14.7. The van der Waals surface area contributed by atoms with Gasteiger partial charge in [0.25, 0.3) is 0 Å². The highest BCUT2D eigenvalue weighted by molar-refractivity contribution is 6.00. The van der Waals surface area contributed by atoms with E-state index in [1.54, 1.807) is 86.6 Å². The largest absolute Gasteiger partial charge is 0.508 e. The van der Waals surface area contributed by atoms with E-state index in [1.165, 1.54) is 38.5 Å². The summed E-state index contributed by atoms with van der Waals surface area (Å²) in [6.45, 7) is 11.5. The summed E-state index contributed by atoms with van der Waals surface area (Å²) in [6, 6.07) is 32.4. The third kappa shape index (κ3) is 50.0. The molecular formula is C99H134N8O30. The van der Waals surface area contributed by atoms with Crippen LogP contribution in [0.1, 0.15) is 198 Å². The van der Waals surface area contributed by atoms with Crippen LogP contribution >= 0.6 is 0 Å². The molecule has 6 amide bonds.